The lowest BCUT2D eigenvalue weighted by Gasteiger charge is -2.25. The monoisotopic (exact) mass is 254 g/mol. The Labute approximate surface area is 110 Å². The zero-order valence-corrected chi connectivity index (χ0v) is 11.4. The molecule has 2 fully saturated rings. The second kappa shape index (κ2) is 7.10. The number of amides is 1. The van der Waals surface area contributed by atoms with Crippen LogP contribution in [0.1, 0.15) is 64.7 Å². The van der Waals surface area contributed by atoms with E-state index in [-0.39, 0.29) is 11.9 Å². The summed E-state index contributed by atoms with van der Waals surface area (Å²) in [4.78, 5) is 17.5. The molecule has 4 nitrogen and oxygen atoms in total. The molecule has 0 heterocycles. The van der Waals surface area contributed by atoms with Crippen LogP contribution in [0.15, 0.2) is 0 Å². The van der Waals surface area contributed by atoms with E-state index in [1.54, 1.807) is 0 Å². The maximum Gasteiger partial charge on any atom is 0.239 e. The van der Waals surface area contributed by atoms with E-state index in [1.807, 2.05) is 6.92 Å². The predicted molar refractivity (Wildman–Crippen MR) is 71.0 cm³/mol. The Morgan fingerprint density at radius 2 is 1.67 bits per heavy atom. The molecular weight excluding hydrogens is 228 g/mol. The van der Waals surface area contributed by atoms with Crippen LogP contribution in [0.5, 0.6) is 0 Å². The lowest BCUT2D eigenvalue weighted by Crippen LogP contribution is -2.47. The summed E-state index contributed by atoms with van der Waals surface area (Å²) in [5.41, 5.74) is 2.90. The number of carbonyl (C=O) groups is 1. The van der Waals surface area contributed by atoms with Gasteiger partial charge in [-0.2, -0.15) is 5.48 Å². The maximum absolute atomic E-state index is 12.0. The Bertz CT molecular complexity index is 259. The third kappa shape index (κ3) is 4.25. The van der Waals surface area contributed by atoms with Gasteiger partial charge in [-0.1, -0.05) is 32.1 Å². The Morgan fingerprint density at radius 3 is 2.33 bits per heavy atom. The summed E-state index contributed by atoms with van der Waals surface area (Å²) in [7, 11) is 0. The second-order valence-electron chi connectivity index (χ2n) is 5.71. The van der Waals surface area contributed by atoms with Crippen LogP contribution in [0.2, 0.25) is 0 Å². The summed E-state index contributed by atoms with van der Waals surface area (Å²) < 4.78 is 0. The molecule has 2 N–H and O–H groups in total. The molecule has 0 aromatic carbocycles. The SMILES string of the molecule is CC(NOC1CCCC1)C(=O)NC1CCCCC1. The maximum atomic E-state index is 12.0. The molecule has 2 aliphatic rings. The Morgan fingerprint density at radius 1 is 1.06 bits per heavy atom. The van der Waals surface area contributed by atoms with Gasteiger partial charge in [0.1, 0.15) is 6.04 Å². The topological polar surface area (TPSA) is 50.4 Å². The summed E-state index contributed by atoms with van der Waals surface area (Å²) in [5.74, 6) is 0.0693. The summed E-state index contributed by atoms with van der Waals surface area (Å²) in [6, 6.07) is 0.120. The Kier molecular flexibility index (Phi) is 5.45. The highest BCUT2D eigenvalue weighted by atomic mass is 16.7. The van der Waals surface area contributed by atoms with Crippen LogP contribution in [0.25, 0.3) is 0 Å². The molecule has 0 aromatic heterocycles. The van der Waals surface area contributed by atoms with E-state index in [0.29, 0.717) is 12.1 Å². The highest BCUT2D eigenvalue weighted by Gasteiger charge is 2.21. The van der Waals surface area contributed by atoms with E-state index in [1.165, 1.54) is 32.1 Å². The van der Waals surface area contributed by atoms with Crippen LogP contribution >= 0.6 is 0 Å². The normalized spacial score (nSPS) is 24.1. The molecular formula is C14H26N2O2. The summed E-state index contributed by atoms with van der Waals surface area (Å²) >= 11 is 0. The molecule has 104 valence electrons. The van der Waals surface area contributed by atoms with Crippen LogP contribution in [0.4, 0.5) is 0 Å². The molecule has 0 radical (unpaired) electrons. The van der Waals surface area contributed by atoms with Crippen molar-refractivity contribution in [1.82, 2.24) is 10.8 Å². The minimum atomic E-state index is -0.257. The van der Waals surface area contributed by atoms with Gasteiger partial charge in [-0.05, 0) is 32.6 Å². The summed E-state index contributed by atoms with van der Waals surface area (Å²) in [6.07, 6.45) is 11.1. The Hall–Kier alpha value is -0.610. The molecule has 0 spiro atoms. The molecule has 18 heavy (non-hydrogen) atoms. The second-order valence-corrected chi connectivity index (χ2v) is 5.71. The first-order valence-electron chi connectivity index (χ1n) is 7.47. The molecule has 0 aromatic rings. The number of rotatable bonds is 5. The number of nitrogens with one attached hydrogen (secondary N) is 2. The smallest absolute Gasteiger partial charge is 0.239 e. The number of hydroxylamine groups is 1. The van der Waals surface area contributed by atoms with Crippen molar-refractivity contribution in [2.24, 2.45) is 0 Å². The highest BCUT2D eigenvalue weighted by Crippen LogP contribution is 2.20. The first-order chi connectivity index (χ1) is 8.75. The molecule has 0 saturated heterocycles. The minimum Gasteiger partial charge on any atom is -0.352 e. The van der Waals surface area contributed by atoms with Crippen molar-refractivity contribution in [3.05, 3.63) is 0 Å². The van der Waals surface area contributed by atoms with Crippen LogP contribution in [-0.2, 0) is 9.63 Å². The highest BCUT2D eigenvalue weighted by molar-refractivity contribution is 5.81. The molecule has 2 rings (SSSR count). The fraction of sp³-hybridized carbons (Fsp3) is 0.929. The van der Waals surface area contributed by atoms with Gasteiger partial charge in [0.15, 0.2) is 0 Å². The first-order valence-corrected chi connectivity index (χ1v) is 7.47. The van der Waals surface area contributed by atoms with Crippen molar-refractivity contribution < 1.29 is 9.63 Å². The van der Waals surface area contributed by atoms with Crippen molar-refractivity contribution in [2.45, 2.75) is 82.9 Å². The zero-order valence-electron chi connectivity index (χ0n) is 11.4. The average Bonchev–Trinajstić information content (AvgIpc) is 2.90. The average molecular weight is 254 g/mol. The van der Waals surface area contributed by atoms with Crippen molar-refractivity contribution in [3.63, 3.8) is 0 Å². The van der Waals surface area contributed by atoms with Crippen LogP contribution in [-0.4, -0.2) is 24.1 Å². The predicted octanol–water partition coefficient (Wildman–Crippen LogP) is 2.29. The quantitative estimate of drug-likeness (QED) is 0.740. The van der Waals surface area contributed by atoms with Crippen LogP contribution in [0.3, 0.4) is 0 Å². The van der Waals surface area contributed by atoms with E-state index in [0.717, 1.165) is 25.7 Å². The van der Waals surface area contributed by atoms with Gasteiger partial charge in [-0.15, -0.1) is 0 Å². The van der Waals surface area contributed by atoms with Gasteiger partial charge in [0.25, 0.3) is 0 Å². The largest absolute Gasteiger partial charge is 0.352 e. The molecule has 1 amide bonds. The number of carbonyl (C=O) groups excluding carboxylic acids is 1. The molecule has 0 bridgehead atoms. The number of hydrogen-bond donors (Lipinski definition) is 2. The van der Waals surface area contributed by atoms with E-state index in [4.69, 9.17) is 4.84 Å². The number of hydrogen-bond acceptors (Lipinski definition) is 3. The molecule has 4 heteroatoms. The summed E-state index contributed by atoms with van der Waals surface area (Å²) in [5, 5.41) is 3.11. The van der Waals surface area contributed by atoms with Gasteiger partial charge >= 0.3 is 0 Å². The van der Waals surface area contributed by atoms with Crippen molar-refractivity contribution >= 4 is 5.91 Å². The van der Waals surface area contributed by atoms with E-state index in [2.05, 4.69) is 10.8 Å². The van der Waals surface area contributed by atoms with E-state index in [9.17, 15) is 4.79 Å². The van der Waals surface area contributed by atoms with Crippen LogP contribution < -0.4 is 10.8 Å². The Balaban J connectivity index is 1.63. The van der Waals surface area contributed by atoms with Gasteiger partial charge in [0.05, 0.1) is 6.10 Å². The minimum absolute atomic E-state index is 0.0693. The van der Waals surface area contributed by atoms with Gasteiger partial charge in [-0.3, -0.25) is 9.63 Å². The van der Waals surface area contributed by atoms with Gasteiger partial charge in [0, 0.05) is 6.04 Å². The first kappa shape index (κ1) is 13.8. The molecule has 1 unspecified atom stereocenters. The van der Waals surface area contributed by atoms with E-state index < -0.39 is 0 Å². The molecule has 2 aliphatic carbocycles. The summed E-state index contributed by atoms with van der Waals surface area (Å²) in [6.45, 7) is 1.87. The van der Waals surface area contributed by atoms with E-state index >= 15 is 0 Å². The molecule has 2 saturated carbocycles. The third-order valence-corrected chi connectivity index (χ3v) is 4.06. The van der Waals surface area contributed by atoms with Crippen molar-refractivity contribution in [2.75, 3.05) is 0 Å². The fourth-order valence-electron chi connectivity index (χ4n) is 2.83. The van der Waals surface area contributed by atoms with Crippen molar-refractivity contribution in [1.29, 1.82) is 0 Å². The third-order valence-electron chi connectivity index (χ3n) is 4.06. The van der Waals surface area contributed by atoms with Crippen molar-refractivity contribution in [3.8, 4) is 0 Å². The lowest BCUT2D eigenvalue weighted by molar-refractivity contribution is -0.129. The fourth-order valence-corrected chi connectivity index (χ4v) is 2.83. The van der Waals surface area contributed by atoms with Gasteiger partial charge < -0.3 is 5.32 Å². The lowest BCUT2D eigenvalue weighted by atomic mass is 9.95. The zero-order chi connectivity index (χ0) is 12.8. The van der Waals surface area contributed by atoms with Gasteiger partial charge in [-0.25, -0.2) is 0 Å². The van der Waals surface area contributed by atoms with Gasteiger partial charge in [0.2, 0.25) is 5.91 Å². The molecule has 1 atom stereocenters. The van der Waals surface area contributed by atoms with Crippen LogP contribution in [0, 0.1) is 0 Å². The molecule has 0 aliphatic heterocycles. The standard InChI is InChI=1S/C14H26N2O2/c1-11(16-18-13-9-5-6-10-13)14(17)15-12-7-3-2-4-8-12/h11-13,16H,2-10H2,1H3,(H,15,17).